The van der Waals surface area contributed by atoms with Crippen molar-refractivity contribution in [3.8, 4) is 0 Å². The van der Waals surface area contributed by atoms with Gasteiger partial charge in [0.25, 0.3) is 10.1 Å². The van der Waals surface area contributed by atoms with Gasteiger partial charge in [-0.15, -0.1) is 0 Å². The van der Waals surface area contributed by atoms with Gasteiger partial charge in [-0.1, -0.05) is 30.3 Å². The Bertz CT molecular complexity index is 674. The number of rotatable bonds is 4. The normalized spacial score (nSPS) is 21.0. The van der Waals surface area contributed by atoms with Crippen molar-refractivity contribution in [2.75, 3.05) is 13.7 Å². The molecular weight excluding hydrogens is 326 g/mol. The third-order valence-electron chi connectivity index (χ3n) is 3.60. The third kappa shape index (κ3) is 4.20. The van der Waals surface area contributed by atoms with E-state index in [1.54, 1.807) is 24.3 Å². The maximum Gasteiger partial charge on any atom is 0.410 e. The molecule has 1 aromatic carbocycles. The standard InChI is InChI=1S/C14H17NO7S/c1-21-13(16)12-7-11(23(18,19)20)8-15(12)14(17)22-9-10-5-3-2-4-6-10/h2-6,11-12H,7-9H2,1H3,(H,18,19,20)/t11-,12-/m0/s1. The van der Waals surface area contributed by atoms with Crippen LogP contribution < -0.4 is 0 Å². The van der Waals surface area contributed by atoms with Crippen molar-refractivity contribution in [2.45, 2.75) is 24.3 Å². The lowest BCUT2D eigenvalue weighted by Crippen LogP contribution is -2.41. The van der Waals surface area contributed by atoms with Gasteiger partial charge in [-0.3, -0.25) is 9.45 Å². The molecule has 1 saturated heterocycles. The molecule has 0 aliphatic carbocycles. The topological polar surface area (TPSA) is 110 Å². The van der Waals surface area contributed by atoms with Crippen LogP contribution in [0.2, 0.25) is 0 Å². The number of carbonyl (C=O) groups excluding carboxylic acids is 2. The molecule has 0 bridgehead atoms. The van der Waals surface area contributed by atoms with E-state index in [1.165, 1.54) is 0 Å². The van der Waals surface area contributed by atoms with Crippen molar-refractivity contribution >= 4 is 22.2 Å². The van der Waals surface area contributed by atoms with Gasteiger partial charge in [-0.2, -0.15) is 8.42 Å². The van der Waals surface area contributed by atoms with Crippen LogP contribution in [0.25, 0.3) is 0 Å². The molecule has 1 fully saturated rings. The lowest BCUT2D eigenvalue weighted by molar-refractivity contribution is -0.145. The van der Waals surface area contributed by atoms with Crippen LogP contribution in [-0.4, -0.2) is 54.9 Å². The first-order valence-electron chi connectivity index (χ1n) is 6.84. The van der Waals surface area contributed by atoms with E-state index in [9.17, 15) is 18.0 Å². The van der Waals surface area contributed by atoms with E-state index in [-0.39, 0.29) is 19.6 Å². The lowest BCUT2D eigenvalue weighted by atomic mass is 10.2. The maximum absolute atomic E-state index is 12.1. The molecule has 0 radical (unpaired) electrons. The average Bonchev–Trinajstić information content (AvgIpc) is 2.98. The molecule has 2 rings (SSSR count). The quantitative estimate of drug-likeness (QED) is 0.637. The lowest BCUT2D eigenvalue weighted by Gasteiger charge is -2.21. The minimum absolute atomic E-state index is 0.0133. The van der Waals surface area contributed by atoms with Gasteiger partial charge < -0.3 is 9.47 Å². The summed E-state index contributed by atoms with van der Waals surface area (Å²) >= 11 is 0. The van der Waals surface area contributed by atoms with Gasteiger partial charge in [0.15, 0.2) is 0 Å². The second kappa shape index (κ2) is 6.97. The van der Waals surface area contributed by atoms with Gasteiger partial charge in [0.1, 0.15) is 17.9 Å². The van der Waals surface area contributed by atoms with Gasteiger partial charge in [-0.05, 0) is 12.0 Å². The molecule has 2 atom stereocenters. The summed E-state index contributed by atoms with van der Waals surface area (Å²) in [7, 11) is -3.23. The van der Waals surface area contributed by atoms with E-state index in [2.05, 4.69) is 4.74 Å². The highest BCUT2D eigenvalue weighted by molar-refractivity contribution is 7.86. The van der Waals surface area contributed by atoms with Crippen LogP contribution in [0.4, 0.5) is 4.79 Å². The zero-order chi connectivity index (χ0) is 17.0. The molecule has 1 amide bonds. The first kappa shape index (κ1) is 17.2. The molecule has 0 unspecified atom stereocenters. The molecule has 1 aliphatic rings. The molecule has 1 heterocycles. The molecular formula is C14H17NO7S. The predicted molar refractivity (Wildman–Crippen MR) is 79.1 cm³/mol. The largest absolute Gasteiger partial charge is 0.467 e. The summed E-state index contributed by atoms with van der Waals surface area (Å²) in [6.07, 6.45) is -1.07. The van der Waals surface area contributed by atoms with Crippen molar-refractivity contribution < 1.29 is 32.0 Å². The maximum atomic E-state index is 12.1. The number of benzene rings is 1. The predicted octanol–water partition coefficient (Wildman–Crippen LogP) is 0.827. The van der Waals surface area contributed by atoms with Crippen molar-refractivity contribution in [1.82, 2.24) is 4.90 Å². The van der Waals surface area contributed by atoms with Crippen LogP contribution in [0, 0.1) is 0 Å². The van der Waals surface area contributed by atoms with Gasteiger partial charge in [0.05, 0.1) is 7.11 Å². The molecule has 1 aromatic rings. The Morgan fingerprint density at radius 2 is 1.96 bits per heavy atom. The van der Waals surface area contributed by atoms with E-state index in [4.69, 9.17) is 9.29 Å². The van der Waals surface area contributed by atoms with E-state index in [0.717, 1.165) is 17.6 Å². The van der Waals surface area contributed by atoms with Crippen LogP contribution in [0.3, 0.4) is 0 Å². The number of hydrogen-bond donors (Lipinski definition) is 1. The van der Waals surface area contributed by atoms with Gasteiger partial charge in [-0.25, -0.2) is 9.59 Å². The Hall–Kier alpha value is -2.13. The summed E-state index contributed by atoms with van der Waals surface area (Å²) in [6, 6.07) is 7.80. The fourth-order valence-electron chi connectivity index (χ4n) is 2.38. The summed E-state index contributed by atoms with van der Waals surface area (Å²) in [5.41, 5.74) is 0.751. The number of carbonyl (C=O) groups is 2. The monoisotopic (exact) mass is 343 g/mol. The molecule has 0 aromatic heterocycles. The number of methoxy groups -OCH3 is 1. The van der Waals surface area contributed by atoms with Gasteiger partial charge in [0.2, 0.25) is 0 Å². The molecule has 0 spiro atoms. The minimum atomic E-state index is -4.37. The molecule has 1 aliphatic heterocycles. The Labute approximate surface area is 133 Å². The first-order valence-corrected chi connectivity index (χ1v) is 8.34. The van der Waals surface area contributed by atoms with Crippen LogP contribution in [0.5, 0.6) is 0 Å². The van der Waals surface area contributed by atoms with Crippen LogP contribution >= 0.6 is 0 Å². The zero-order valence-electron chi connectivity index (χ0n) is 12.4. The van der Waals surface area contributed by atoms with Crippen molar-refractivity contribution in [2.24, 2.45) is 0 Å². The Kier molecular flexibility index (Phi) is 5.22. The molecule has 126 valence electrons. The van der Waals surface area contributed by atoms with Crippen molar-refractivity contribution in [1.29, 1.82) is 0 Å². The first-order chi connectivity index (χ1) is 10.8. The van der Waals surface area contributed by atoms with E-state index >= 15 is 0 Å². The van der Waals surface area contributed by atoms with Gasteiger partial charge >= 0.3 is 12.1 Å². The third-order valence-corrected chi connectivity index (χ3v) is 4.78. The smallest absolute Gasteiger partial charge is 0.410 e. The SMILES string of the molecule is COC(=O)[C@@H]1C[C@H](S(=O)(=O)O)CN1C(=O)OCc1ccccc1. The van der Waals surface area contributed by atoms with Crippen LogP contribution in [-0.2, 0) is 31.0 Å². The summed E-state index contributed by atoms with van der Waals surface area (Å²) in [5, 5.41) is -1.24. The Morgan fingerprint density at radius 3 is 2.52 bits per heavy atom. The molecule has 9 heteroatoms. The second-order valence-corrected chi connectivity index (χ2v) is 6.80. The van der Waals surface area contributed by atoms with E-state index in [1.807, 2.05) is 6.07 Å². The summed E-state index contributed by atoms with van der Waals surface area (Å²) < 4.78 is 41.3. The number of hydrogen-bond acceptors (Lipinski definition) is 6. The number of amides is 1. The van der Waals surface area contributed by atoms with Crippen molar-refractivity contribution in [3.05, 3.63) is 35.9 Å². The summed E-state index contributed by atoms with van der Waals surface area (Å²) in [5.74, 6) is -0.757. The highest BCUT2D eigenvalue weighted by atomic mass is 32.2. The minimum Gasteiger partial charge on any atom is -0.467 e. The van der Waals surface area contributed by atoms with E-state index < -0.39 is 33.5 Å². The fraction of sp³-hybridized carbons (Fsp3) is 0.429. The molecule has 23 heavy (non-hydrogen) atoms. The Morgan fingerprint density at radius 1 is 1.30 bits per heavy atom. The zero-order valence-corrected chi connectivity index (χ0v) is 13.2. The summed E-state index contributed by atoms with van der Waals surface area (Å²) in [6.45, 7) is -0.340. The van der Waals surface area contributed by atoms with Crippen molar-refractivity contribution in [3.63, 3.8) is 0 Å². The highest BCUT2D eigenvalue weighted by Gasteiger charge is 2.45. The molecule has 8 nitrogen and oxygen atoms in total. The number of nitrogens with zero attached hydrogens (tertiary/aromatic N) is 1. The van der Waals surface area contributed by atoms with Crippen LogP contribution in [0.15, 0.2) is 30.3 Å². The van der Waals surface area contributed by atoms with Gasteiger partial charge in [0, 0.05) is 6.54 Å². The fourth-order valence-corrected chi connectivity index (χ4v) is 3.15. The number of esters is 1. The Balaban J connectivity index is 2.07. The molecule has 1 N–H and O–H groups in total. The summed E-state index contributed by atoms with van der Waals surface area (Å²) in [4.78, 5) is 24.8. The van der Waals surface area contributed by atoms with E-state index in [0.29, 0.717) is 0 Å². The second-order valence-electron chi connectivity index (χ2n) is 5.10. The average molecular weight is 343 g/mol. The molecule has 0 saturated carbocycles. The number of likely N-dealkylation sites (tertiary alicyclic amines) is 1. The highest BCUT2D eigenvalue weighted by Crippen LogP contribution is 2.25. The number of ether oxygens (including phenoxy) is 2. The van der Waals surface area contributed by atoms with Crippen LogP contribution in [0.1, 0.15) is 12.0 Å².